The van der Waals surface area contributed by atoms with Gasteiger partial charge < -0.3 is 10.4 Å². The summed E-state index contributed by atoms with van der Waals surface area (Å²) in [4.78, 5) is 22.6. The third kappa shape index (κ3) is 3.62. The number of Topliss-reactive ketones (excluding diaryl/α,β-unsaturated/α-hetero) is 1. The van der Waals surface area contributed by atoms with Crippen molar-refractivity contribution in [2.45, 2.75) is 19.8 Å². The summed E-state index contributed by atoms with van der Waals surface area (Å²) in [6.45, 7) is 1.33. The SMILES string of the molecule is CC(=O)Nc1ccc(C(=O)CCCCl)c(O)c1Cl. The number of amides is 1. The minimum atomic E-state index is -0.317. The summed E-state index contributed by atoms with van der Waals surface area (Å²) in [5, 5.41) is 12.2. The molecule has 0 aromatic heterocycles. The number of ketones is 1. The Labute approximate surface area is 115 Å². The zero-order valence-corrected chi connectivity index (χ0v) is 11.3. The second-order valence-electron chi connectivity index (χ2n) is 3.72. The van der Waals surface area contributed by atoms with Crippen molar-refractivity contribution < 1.29 is 14.7 Å². The van der Waals surface area contributed by atoms with Crippen LogP contribution in [0.4, 0.5) is 5.69 Å². The highest BCUT2D eigenvalue weighted by Crippen LogP contribution is 2.35. The lowest BCUT2D eigenvalue weighted by atomic mass is 10.1. The highest BCUT2D eigenvalue weighted by atomic mass is 35.5. The molecule has 0 unspecified atom stereocenters. The van der Waals surface area contributed by atoms with E-state index in [0.29, 0.717) is 12.3 Å². The number of anilines is 1. The van der Waals surface area contributed by atoms with Crippen LogP contribution in [0.25, 0.3) is 0 Å². The van der Waals surface area contributed by atoms with Gasteiger partial charge in [0, 0.05) is 19.2 Å². The van der Waals surface area contributed by atoms with E-state index in [-0.39, 0.29) is 40.1 Å². The lowest BCUT2D eigenvalue weighted by molar-refractivity contribution is -0.114. The van der Waals surface area contributed by atoms with E-state index in [2.05, 4.69) is 5.32 Å². The molecule has 4 nitrogen and oxygen atoms in total. The van der Waals surface area contributed by atoms with Gasteiger partial charge in [0.2, 0.25) is 5.91 Å². The third-order valence-electron chi connectivity index (χ3n) is 2.26. The molecule has 0 aliphatic rings. The van der Waals surface area contributed by atoms with Crippen LogP contribution in [0.5, 0.6) is 5.75 Å². The van der Waals surface area contributed by atoms with Crippen LogP contribution in [0.15, 0.2) is 12.1 Å². The molecule has 98 valence electrons. The minimum absolute atomic E-state index is 0.0399. The number of hydrogen-bond acceptors (Lipinski definition) is 3. The van der Waals surface area contributed by atoms with Crippen molar-refractivity contribution in [1.29, 1.82) is 0 Å². The third-order valence-corrected chi connectivity index (χ3v) is 2.91. The first-order valence-corrected chi connectivity index (χ1v) is 6.26. The zero-order valence-electron chi connectivity index (χ0n) is 9.80. The molecule has 1 aromatic carbocycles. The number of nitrogens with one attached hydrogen (secondary N) is 1. The van der Waals surface area contributed by atoms with Crippen molar-refractivity contribution in [3.63, 3.8) is 0 Å². The van der Waals surface area contributed by atoms with Gasteiger partial charge in [0.15, 0.2) is 5.78 Å². The number of rotatable bonds is 5. The summed E-state index contributed by atoms with van der Waals surface area (Å²) in [6, 6.07) is 2.92. The number of phenols is 1. The van der Waals surface area contributed by atoms with Gasteiger partial charge in [-0.05, 0) is 18.6 Å². The standard InChI is InChI=1S/C12H13Cl2NO3/c1-7(16)15-9-5-4-8(12(18)11(9)14)10(17)3-2-6-13/h4-5,18H,2-3,6H2,1H3,(H,15,16). The fourth-order valence-electron chi connectivity index (χ4n) is 1.44. The molecule has 0 fully saturated rings. The van der Waals surface area contributed by atoms with Crippen LogP contribution < -0.4 is 5.32 Å². The predicted molar refractivity (Wildman–Crippen MR) is 71.7 cm³/mol. The molecule has 0 aliphatic heterocycles. The number of hydrogen-bond donors (Lipinski definition) is 2. The normalized spacial score (nSPS) is 10.2. The number of benzene rings is 1. The Hall–Kier alpha value is -1.26. The van der Waals surface area contributed by atoms with Crippen LogP contribution in [0.3, 0.4) is 0 Å². The highest BCUT2D eigenvalue weighted by Gasteiger charge is 2.16. The fraction of sp³-hybridized carbons (Fsp3) is 0.333. The van der Waals surface area contributed by atoms with Crippen LogP contribution in [-0.4, -0.2) is 22.7 Å². The van der Waals surface area contributed by atoms with Crippen LogP contribution in [0.1, 0.15) is 30.1 Å². The first-order valence-electron chi connectivity index (χ1n) is 5.35. The second-order valence-corrected chi connectivity index (χ2v) is 4.48. The van der Waals surface area contributed by atoms with E-state index < -0.39 is 0 Å². The Bertz CT molecular complexity index is 475. The molecular weight excluding hydrogens is 277 g/mol. The van der Waals surface area contributed by atoms with Gasteiger partial charge in [0.05, 0.1) is 11.3 Å². The van der Waals surface area contributed by atoms with Crippen LogP contribution in [0, 0.1) is 0 Å². The van der Waals surface area contributed by atoms with Crippen molar-refractivity contribution in [3.05, 3.63) is 22.7 Å². The van der Waals surface area contributed by atoms with E-state index in [1.807, 2.05) is 0 Å². The second kappa shape index (κ2) is 6.61. The number of carbonyl (C=O) groups is 2. The number of carbonyl (C=O) groups excluding carboxylic acids is 2. The minimum Gasteiger partial charge on any atom is -0.506 e. The average Bonchev–Trinajstić information content (AvgIpc) is 2.31. The molecule has 0 saturated carbocycles. The molecule has 0 saturated heterocycles. The van der Waals surface area contributed by atoms with Crippen molar-refractivity contribution in [2.24, 2.45) is 0 Å². The van der Waals surface area contributed by atoms with Crippen molar-refractivity contribution in [3.8, 4) is 5.75 Å². The maximum atomic E-state index is 11.7. The number of phenolic OH excluding ortho intramolecular Hbond substituents is 1. The molecule has 0 atom stereocenters. The van der Waals surface area contributed by atoms with Crippen molar-refractivity contribution >= 4 is 40.6 Å². The Morgan fingerprint density at radius 3 is 2.61 bits per heavy atom. The molecular formula is C12H13Cl2NO3. The number of aromatic hydroxyl groups is 1. The lowest BCUT2D eigenvalue weighted by Crippen LogP contribution is -2.07. The maximum Gasteiger partial charge on any atom is 0.221 e. The first-order chi connectivity index (χ1) is 8.47. The van der Waals surface area contributed by atoms with E-state index >= 15 is 0 Å². The van der Waals surface area contributed by atoms with Gasteiger partial charge in [0.1, 0.15) is 10.8 Å². The van der Waals surface area contributed by atoms with Gasteiger partial charge in [0.25, 0.3) is 0 Å². The maximum absolute atomic E-state index is 11.7. The van der Waals surface area contributed by atoms with Gasteiger partial charge in [-0.25, -0.2) is 0 Å². The lowest BCUT2D eigenvalue weighted by Gasteiger charge is -2.10. The molecule has 1 amide bonds. The van der Waals surface area contributed by atoms with E-state index in [0.717, 1.165) is 0 Å². The molecule has 0 spiro atoms. The predicted octanol–water partition coefficient (Wildman–Crippen LogP) is 3.21. The first kappa shape index (κ1) is 14.8. The average molecular weight is 290 g/mol. The van der Waals surface area contributed by atoms with Crippen LogP contribution in [-0.2, 0) is 4.79 Å². The fourth-order valence-corrected chi connectivity index (χ4v) is 1.78. The van der Waals surface area contributed by atoms with Gasteiger partial charge in [-0.3, -0.25) is 9.59 Å². The molecule has 0 heterocycles. The van der Waals surface area contributed by atoms with Gasteiger partial charge in [-0.1, -0.05) is 11.6 Å². The summed E-state index contributed by atoms with van der Waals surface area (Å²) in [7, 11) is 0. The van der Waals surface area contributed by atoms with E-state index in [9.17, 15) is 14.7 Å². The summed E-state index contributed by atoms with van der Waals surface area (Å²) >= 11 is 11.4. The molecule has 1 aromatic rings. The monoisotopic (exact) mass is 289 g/mol. The molecule has 0 aliphatic carbocycles. The number of alkyl halides is 1. The summed E-state index contributed by atoms with van der Waals surface area (Å²) in [5.41, 5.74) is 0.412. The van der Waals surface area contributed by atoms with Crippen LogP contribution in [0.2, 0.25) is 5.02 Å². The molecule has 0 radical (unpaired) electrons. The smallest absolute Gasteiger partial charge is 0.221 e. The topological polar surface area (TPSA) is 66.4 Å². The molecule has 1 rings (SSSR count). The van der Waals surface area contributed by atoms with Crippen molar-refractivity contribution in [2.75, 3.05) is 11.2 Å². The molecule has 18 heavy (non-hydrogen) atoms. The summed E-state index contributed by atoms with van der Waals surface area (Å²) in [6.07, 6.45) is 0.776. The Morgan fingerprint density at radius 1 is 1.39 bits per heavy atom. The van der Waals surface area contributed by atoms with Crippen molar-refractivity contribution in [1.82, 2.24) is 0 Å². The quantitative estimate of drug-likeness (QED) is 0.646. The van der Waals surface area contributed by atoms with E-state index in [1.165, 1.54) is 19.1 Å². The molecule has 6 heteroatoms. The summed E-state index contributed by atoms with van der Waals surface area (Å²) in [5.74, 6) is -0.478. The Kier molecular flexibility index (Phi) is 5.44. The Morgan fingerprint density at radius 2 is 2.06 bits per heavy atom. The largest absolute Gasteiger partial charge is 0.506 e. The van der Waals surface area contributed by atoms with Crippen LogP contribution >= 0.6 is 23.2 Å². The van der Waals surface area contributed by atoms with Gasteiger partial charge in [-0.2, -0.15) is 0 Å². The van der Waals surface area contributed by atoms with Gasteiger partial charge >= 0.3 is 0 Å². The van der Waals surface area contributed by atoms with Gasteiger partial charge in [-0.15, -0.1) is 11.6 Å². The number of halogens is 2. The highest BCUT2D eigenvalue weighted by molar-refractivity contribution is 6.35. The van der Waals surface area contributed by atoms with E-state index in [1.54, 1.807) is 0 Å². The van der Waals surface area contributed by atoms with E-state index in [4.69, 9.17) is 23.2 Å². The Balaban J connectivity index is 3.00. The molecule has 2 N–H and O–H groups in total. The summed E-state index contributed by atoms with van der Waals surface area (Å²) < 4.78 is 0. The molecule has 0 bridgehead atoms. The zero-order chi connectivity index (χ0) is 13.7.